The van der Waals surface area contributed by atoms with Crippen LogP contribution < -0.4 is 4.90 Å². The number of amides is 1. The summed E-state index contributed by atoms with van der Waals surface area (Å²) in [5, 5.41) is 1.21. The molecule has 0 N–H and O–H groups in total. The van der Waals surface area contributed by atoms with Gasteiger partial charge in [0.15, 0.2) is 9.84 Å². The molecule has 0 bridgehead atoms. The van der Waals surface area contributed by atoms with E-state index in [2.05, 4.69) is 13.8 Å². The second kappa shape index (κ2) is 7.31. The summed E-state index contributed by atoms with van der Waals surface area (Å²) in [6.45, 7) is 8.12. The van der Waals surface area contributed by atoms with Crippen molar-refractivity contribution in [3.63, 3.8) is 0 Å². The van der Waals surface area contributed by atoms with Gasteiger partial charge in [0.05, 0.1) is 11.8 Å². The molecule has 0 saturated carbocycles. The Morgan fingerprint density at radius 3 is 2.11 bits per heavy atom. The van der Waals surface area contributed by atoms with Crippen LogP contribution in [0.15, 0.2) is 53.9 Å². The topological polar surface area (TPSA) is 54.5 Å². The average molecular weight is 384 g/mol. The second-order valence-corrected chi connectivity index (χ2v) is 9.45. The quantitative estimate of drug-likeness (QED) is 0.787. The molecule has 3 rings (SSSR count). The first-order valence-corrected chi connectivity index (χ1v) is 10.8. The lowest BCUT2D eigenvalue weighted by molar-refractivity contribution is 0.0983. The SMILES string of the molecule is Cc1cc(C)cc(C(=O)N(c2ccc(C(C)C)cc2)[C@H]2C=CS(=O)(=O)C2)c1. The van der Waals surface area contributed by atoms with Gasteiger partial charge in [-0.15, -0.1) is 0 Å². The number of hydrogen-bond acceptors (Lipinski definition) is 3. The molecule has 1 aliphatic rings. The van der Waals surface area contributed by atoms with Crippen molar-refractivity contribution in [3.8, 4) is 0 Å². The van der Waals surface area contributed by atoms with Crippen LogP contribution in [0.2, 0.25) is 0 Å². The lowest BCUT2D eigenvalue weighted by Gasteiger charge is -2.28. The van der Waals surface area contributed by atoms with Crippen LogP contribution in [0.5, 0.6) is 0 Å². The molecule has 1 heterocycles. The second-order valence-electron chi connectivity index (χ2n) is 7.52. The maximum atomic E-state index is 13.4. The van der Waals surface area contributed by atoms with E-state index in [0.717, 1.165) is 11.1 Å². The molecule has 1 atom stereocenters. The third-order valence-electron chi connectivity index (χ3n) is 4.77. The number of anilines is 1. The zero-order chi connectivity index (χ0) is 19.8. The van der Waals surface area contributed by atoms with Crippen molar-refractivity contribution in [2.24, 2.45) is 0 Å². The molecule has 1 amide bonds. The summed E-state index contributed by atoms with van der Waals surface area (Å²) < 4.78 is 23.9. The Morgan fingerprint density at radius 2 is 1.63 bits per heavy atom. The van der Waals surface area contributed by atoms with Gasteiger partial charge < -0.3 is 4.90 Å². The molecule has 142 valence electrons. The van der Waals surface area contributed by atoms with E-state index in [1.165, 1.54) is 11.0 Å². The van der Waals surface area contributed by atoms with Crippen molar-refractivity contribution >= 4 is 21.4 Å². The van der Waals surface area contributed by atoms with E-state index in [-0.39, 0.29) is 11.7 Å². The molecule has 2 aromatic carbocycles. The average Bonchev–Trinajstić information content (AvgIpc) is 2.94. The number of benzene rings is 2. The smallest absolute Gasteiger partial charge is 0.258 e. The first kappa shape index (κ1) is 19.4. The lowest BCUT2D eigenvalue weighted by atomic mass is 10.0. The zero-order valence-electron chi connectivity index (χ0n) is 16.1. The number of nitrogens with zero attached hydrogens (tertiary/aromatic N) is 1. The van der Waals surface area contributed by atoms with E-state index in [1.807, 2.05) is 56.3 Å². The van der Waals surface area contributed by atoms with E-state index in [0.29, 0.717) is 17.2 Å². The van der Waals surface area contributed by atoms with Crippen LogP contribution in [-0.2, 0) is 9.84 Å². The zero-order valence-corrected chi connectivity index (χ0v) is 17.0. The molecule has 0 fully saturated rings. The maximum Gasteiger partial charge on any atom is 0.258 e. The molecular formula is C22H25NO3S. The number of carbonyl (C=O) groups is 1. The van der Waals surface area contributed by atoms with Gasteiger partial charge in [-0.3, -0.25) is 4.79 Å². The molecule has 0 unspecified atom stereocenters. The standard InChI is InChI=1S/C22H25NO3S/c1-15(2)18-5-7-20(8-6-18)23(21-9-10-27(25,26)14-21)22(24)19-12-16(3)11-17(4)13-19/h5-13,15,21H,14H2,1-4H3/t21-/m0/s1. The number of hydrogen-bond donors (Lipinski definition) is 0. The summed E-state index contributed by atoms with van der Waals surface area (Å²) in [6.07, 6.45) is 1.60. The summed E-state index contributed by atoms with van der Waals surface area (Å²) >= 11 is 0. The Morgan fingerprint density at radius 1 is 1.04 bits per heavy atom. The van der Waals surface area contributed by atoms with Gasteiger partial charge in [-0.25, -0.2) is 8.42 Å². The van der Waals surface area contributed by atoms with E-state index in [4.69, 9.17) is 0 Å². The summed E-state index contributed by atoms with van der Waals surface area (Å²) in [6, 6.07) is 13.0. The molecule has 2 aromatic rings. The van der Waals surface area contributed by atoms with Gasteiger partial charge in [-0.1, -0.05) is 43.2 Å². The molecule has 4 nitrogen and oxygen atoms in total. The van der Waals surface area contributed by atoms with Crippen molar-refractivity contribution in [3.05, 3.63) is 76.2 Å². The predicted molar refractivity (Wildman–Crippen MR) is 110 cm³/mol. The number of carbonyl (C=O) groups excluding carboxylic acids is 1. The van der Waals surface area contributed by atoms with Crippen molar-refractivity contribution in [2.75, 3.05) is 10.7 Å². The van der Waals surface area contributed by atoms with Gasteiger partial charge in [-0.2, -0.15) is 0 Å². The Balaban J connectivity index is 2.04. The van der Waals surface area contributed by atoms with Gasteiger partial charge in [0, 0.05) is 16.7 Å². The first-order valence-electron chi connectivity index (χ1n) is 9.09. The fraction of sp³-hybridized carbons (Fsp3) is 0.318. The predicted octanol–water partition coefficient (Wildman–Crippen LogP) is 4.38. The van der Waals surface area contributed by atoms with Gasteiger partial charge in [-0.05, 0) is 55.7 Å². The highest BCUT2D eigenvalue weighted by Gasteiger charge is 2.32. The minimum Gasteiger partial charge on any atom is -0.300 e. The normalized spacial score (nSPS) is 18.0. The van der Waals surface area contributed by atoms with Crippen LogP contribution in [0.3, 0.4) is 0 Å². The van der Waals surface area contributed by atoms with Crippen LogP contribution in [0.1, 0.15) is 46.8 Å². The minimum atomic E-state index is -3.28. The fourth-order valence-electron chi connectivity index (χ4n) is 3.44. The number of sulfone groups is 1. The van der Waals surface area contributed by atoms with Gasteiger partial charge in [0.25, 0.3) is 5.91 Å². The summed E-state index contributed by atoms with van der Waals surface area (Å²) in [7, 11) is -3.28. The maximum absolute atomic E-state index is 13.4. The number of rotatable bonds is 4. The molecule has 27 heavy (non-hydrogen) atoms. The Kier molecular flexibility index (Phi) is 5.24. The van der Waals surface area contributed by atoms with E-state index in [9.17, 15) is 13.2 Å². The van der Waals surface area contributed by atoms with Gasteiger partial charge in [0.1, 0.15) is 0 Å². The Bertz CT molecular complexity index is 968. The van der Waals surface area contributed by atoms with Crippen LogP contribution in [0, 0.1) is 13.8 Å². The Labute approximate surface area is 161 Å². The van der Waals surface area contributed by atoms with Crippen LogP contribution in [0.25, 0.3) is 0 Å². The van der Waals surface area contributed by atoms with E-state index < -0.39 is 15.9 Å². The largest absolute Gasteiger partial charge is 0.300 e. The van der Waals surface area contributed by atoms with Crippen molar-refractivity contribution < 1.29 is 13.2 Å². The molecular weight excluding hydrogens is 358 g/mol. The molecule has 1 aliphatic heterocycles. The fourth-order valence-corrected chi connectivity index (χ4v) is 4.70. The van der Waals surface area contributed by atoms with Gasteiger partial charge >= 0.3 is 0 Å². The van der Waals surface area contributed by atoms with Crippen LogP contribution in [0.4, 0.5) is 5.69 Å². The molecule has 5 heteroatoms. The minimum absolute atomic E-state index is 0.0878. The summed E-state index contributed by atoms with van der Waals surface area (Å²) in [5.41, 5.74) is 4.45. The van der Waals surface area contributed by atoms with Crippen molar-refractivity contribution in [1.29, 1.82) is 0 Å². The van der Waals surface area contributed by atoms with Crippen molar-refractivity contribution in [2.45, 2.75) is 39.7 Å². The van der Waals surface area contributed by atoms with E-state index in [1.54, 1.807) is 11.0 Å². The first-order chi connectivity index (χ1) is 12.7. The lowest BCUT2D eigenvalue weighted by Crippen LogP contribution is -2.41. The third kappa shape index (κ3) is 4.30. The Hall–Kier alpha value is -2.40. The van der Waals surface area contributed by atoms with Crippen LogP contribution in [-0.4, -0.2) is 26.1 Å². The summed E-state index contributed by atoms with van der Waals surface area (Å²) in [4.78, 5) is 15.0. The highest BCUT2D eigenvalue weighted by molar-refractivity contribution is 7.94. The third-order valence-corrected chi connectivity index (χ3v) is 6.15. The molecule has 0 saturated heterocycles. The van der Waals surface area contributed by atoms with Gasteiger partial charge in [0.2, 0.25) is 0 Å². The molecule has 0 aromatic heterocycles. The monoisotopic (exact) mass is 383 g/mol. The molecule has 0 aliphatic carbocycles. The number of aryl methyl sites for hydroxylation is 2. The van der Waals surface area contributed by atoms with Crippen LogP contribution >= 0.6 is 0 Å². The molecule has 0 spiro atoms. The summed E-state index contributed by atoms with van der Waals surface area (Å²) in [5.74, 6) is 0.107. The van der Waals surface area contributed by atoms with Crippen molar-refractivity contribution in [1.82, 2.24) is 0 Å². The highest BCUT2D eigenvalue weighted by atomic mass is 32.2. The van der Waals surface area contributed by atoms with E-state index >= 15 is 0 Å². The highest BCUT2D eigenvalue weighted by Crippen LogP contribution is 2.27. The molecule has 0 radical (unpaired) electrons.